The molecule has 1 atom stereocenters. The van der Waals surface area contributed by atoms with Crippen LogP contribution in [0.15, 0.2) is 53.4 Å². The highest BCUT2D eigenvalue weighted by molar-refractivity contribution is 7.89. The Hall–Kier alpha value is -2.38. The highest BCUT2D eigenvalue weighted by Gasteiger charge is 2.23. The van der Waals surface area contributed by atoms with Crippen molar-refractivity contribution in [2.24, 2.45) is 5.92 Å². The summed E-state index contributed by atoms with van der Waals surface area (Å²) in [6.45, 7) is 8.03. The molecule has 0 radical (unpaired) electrons. The summed E-state index contributed by atoms with van der Waals surface area (Å²) in [5.41, 5.74) is 3.18. The van der Waals surface area contributed by atoms with Crippen molar-refractivity contribution in [2.45, 2.75) is 44.6 Å². The van der Waals surface area contributed by atoms with Crippen LogP contribution < -0.4 is 10.2 Å². The lowest BCUT2D eigenvalue weighted by Gasteiger charge is -2.32. The minimum atomic E-state index is -3.71. The summed E-state index contributed by atoms with van der Waals surface area (Å²) in [5, 5.41) is 2.91. The molecule has 6 nitrogen and oxygen atoms in total. The fourth-order valence-corrected chi connectivity index (χ4v) is 4.92. The number of nitrogens with one attached hydrogen (secondary N) is 1. The largest absolute Gasteiger partial charge is 0.372 e. The molecule has 1 fully saturated rings. The highest BCUT2D eigenvalue weighted by Crippen LogP contribution is 2.24. The minimum Gasteiger partial charge on any atom is -0.372 e. The monoisotopic (exact) mass is 443 g/mol. The van der Waals surface area contributed by atoms with Gasteiger partial charge in [0.15, 0.2) is 0 Å². The van der Waals surface area contributed by atoms with Gasteiger partial charge in [-0.1, -0.05) is 36.8 Å². The van der Waals surface area contributed by atoms with E-state index in [-0.39, 0.29) is 23.4 Å². The van der Waals surface area contributed by atoms with Crippen molar-refractivity contribution in [1.29, 1.82) is 0 Å². The molecule has 0 aliphatic carbocycles. The van der Waals surface area contributed by atoms with Crippen molar-refractivity contribution in [1.82, 2.24) is 9.62 Å². The Morgan fingerprint density at radius 3 is 2.26 bits per heavy atom. The number of benzene rings is 2. The molecule has 0 unspecified atom stereocenters. The zero-order chi connectivity index (χ0) is 22.6. The topological polar surface area (TPSA) is 69.7 Å². The van der Waals surface area contributed by atoms with Gasteiger partial charge in [0, 0.05) is 25.8 Å². The normalized spacial score (nSPS) is 16.4. The summed E-state index contributed by atoms with van der Waals surface area (Å²) >= 11 is 0. The van der Waals surface area contributed by atoms with Crippen LogP contribution in [0.4, 0.5) is 5.69 Å². The predicted octanol–water partition coefficient (Wildman–Crippen LogP) is 3.73. The lowest BCUT2D eigenvalue weighted by molar-refractivity contribution is -0.121. The first kappa shape index (κ1) is 23.3. The summed E-state index contributed by atoms with van der Waals surface area (Å²) in [7, 11) is -2.28. The third kappa shape index (κ3) is 5.86. The first-order valence-electron chi connectivity index (χ1n) is 10.8. The molecule has 2 aromatic carbocycles. The van der Waals surface area contributed by atoms with Gasteiger partial charge in [-0.2, -0.15) is 4.31 Å². The number of carbonyl (C=O) groups is 1. The summed E-state index contributed by atoms with van der Waals surface area (Å²) in [6, 6.07) is 14.7. The second-order valence-electron chi connectivity index (χ2n) is 8.62. The fraction of sp³-hybridized carbons (Fsp3) is 0.458. The molecular formula is C24H33N3O3S. The van der Waals surface area contributed by atoms with Gasteiger partial charge >= 0.3 is 0 Å². The Morgan fingerprint density at radius 2 is 1.68 bits per heavy atom. The Kier molecular flexibility index (Phi) is 7.38. The number of sulfonamides is 1. The van der Waals surface area contributed by atoms with E-state index in [1.807, 2.05) is 26.0 Å². The summed E-state index contributed by atoms with van der Waals surface area (Å²) < 4.78 is 26.5. The van der Waals surface area contributed by atoms with Gasteiger partial charge < -0.3 is 10.2 Å². The van der Waals surface area contributed by atoms with Crippen molar-refractivity contribution in [3.63, 3.8) is 0 Å². The zero-order valence-electron chi connectivity index (χ0n) is 18.8. The van der Waals surface area contributed by atoms with Crippen molar-refractivity contribution in [3.8, 4) is 0 Å². The summed E-state index contributed by atoms with van der Waals surface area (Å²) in [4.78, 5) is 15.1. The maximum Gasteiger partial charge on any atom is 0.243 e. The average molecular weight is 444 g/mol. The molecule has 0 aromatic heterocycles. The van der Waals surface area contributed by atoms with E-state index in [0.717, 1.165) is 34.4 Å². The predicted molar refractivity (Wildman–Crippen MR) is 125 cm³/mol. The Morgan fingerprint density at radius 1 is 1.10 bits per heavy atom. The number of piperidine rings is 1. The highest BCUT2D eigenvalue weighted by atomic mass is 32.2. The molecule has 0 bridgehead atoms. The first-order chi connectivity index (χ1) is 14.7. The van der Waals surface area contributed by atoms with Crippen LogP contribution in [0.2, 0.25) is 0 Å². The maximum absolute atomic E-state index is 12.7. The van der Waals surface area contributed by atoms with E-state index in [9.17, 15) is 13.2 Å². The van der Waals surface area contributed by atoms with Gasteiger partial charge in [0.1, 0.15) is 0 Å². The molecule has 1 saturated heterocycles. The molecule has 0 saturated carbocycles. The molecule has 1 heterocycles. The van der Waals surface area contributed by atoms with Crippen molar-refractivity contribution in [3.05, 3.63) is 59.7 Å². The second-order valence-corrected chi connectivity index (χ2v) is 10.7. The zero-order valence-corrected chi connectivity index (χ0v) is 19.7. The van der Waals surface area contributed by atoms with Crippen molar-refractivity contribution in [2.75, 3.05) is 31.6 Å². The Labute approximate surface area is 186 Å². The number of likely N-dealkylation sites (N-methyl/N-ethyl adjacent to an activating group) is 1. The third-order valence-corrected chi connectivity index (χ3v) is 7.83. The molecule has 168 valence electrons. The van der Waals surface area contributed by atoms with Gasteiger partial charge in [-0.3, -0.25) is 4.79 Å². The van der Waals surface area contributed by atoms with Crippen LogP contribution in [0.5, 0.6) is 0 Å². The number of aryl methyl sites for hydroxylation is 1. The number of nitrogens with zero attached hydrogens (tertiary/aromatic N) is 2. The van der Waals surface area contributed by atoms with E-state index in [1.54, 1.807) is 24.3 Å². The fourth-order valence-electron chi connectivity index (χ4n) is 3.79. The van der Waals surface area contributed by atoms with E-state index in [4.69, 9.17) is 0 Å². The Balaban J connectivity index is 1.56. The van der Waals surface area contributed by atoms with Crippen LogP contribution in [-0.4, -0.2) is 45.3 Å². The van der Waals surface area contributed by atoms with E-state index >= 15 is 0 Å². The molecule has 3 rings (SSSR count). The summed E-state index contributed by atoms with van der Waals surface area (Å²) in [6.07, 6.45) is 2.43. The van der Waals surface area contributed by atoms with E-state index in [1.165, 1.54) is 25.6 Å². The molecule has 1 amide bonds. The van der Waals surface area contributed by atoms with Crippen LogP contribution in [0, 0.1) is 12.8 Å². The number of amides is 1. The Bertz CT molecular complexity index is 980. The second kappa shape index (κ2) is 9.83. The van der Waals surface area contributed by atoms with Gasteiger partial charge in [0.05, 0.1) is 17.5 Å². The lowest BCUT2D eigenvalue weighted by atomic mass is 9.98. The number of carbonyl (C=O) groups excluding carboxylic acids is 1. The number of hydrogen-bond donors (Lipinski definition) is 1. The average Bonchev–Trinajstić information content (AvgIpc) is 2.74. The molecule has 1 aliphatic heterocycles. The molecule has 0 spiro atoms. The van der Waals surface area contributed by atoms with Gasteiger partial charge in [-0.05, 0) is 62.4 Å². The lowest BCUT2D eigenvalue weighted by Crippen LogP contribution is -2.39. The standard InChI is InChI=1S/C24H33N3O3S/c1-18-5-11-23(12-6-18)31(29,30)26(4)17-24(28)25-20(3)21-7-9-22(10-8-21)27-15-13-19(2)14-16-27/h5-12,19-20H,13-17H2,1-4H3,(H,25,28)/t20-/m0/s1. The van der Waals surface area contributed by atoms with E-state index in [0.29, 0.717) is 0 Å². The SMILES string of the molecule is Cc1ccc(S(=O)(=O)N(C)CC(=O)N[C@@H](C)c2ccc(N3CCC(C)CC3)cc2)cc1. The molecular weight excluding hydrogens is 410 g/mol. The number of rotatable bonds is 7. The number of anilines is 1. The van der Waals surface area contributed by atoms with E-state index < -0.39 is 10.0 Å². The minimum absolute atomic E-state index is 0.184. The summed E-state index contributed by atoms with van der Waals surface area (Å²) in [5.74, 6) is 0.457. The van der Waals surface area contributed by atoms with Crippen LogP contribution in [0.1, 0.15) is 43.9 Å². The molecule has 2 aromatic rings. The first-order valence-corrected chi connectivity index (χ1v) is 12.3. The van der Waals surface area contributed by atoms with Gasteiger partial charge in [0.2, 0.25) is 15.9 Å². The van der Waals surface area contributed by atoms with Crippen molar-refractivity contribution >= 4 is 21.6 Å². The molecule has 1 aliphatic rings. The van der Waals surface area contributed by atoms with Crippen LogP contribution in [0.25, 0.3) is 0 Å². The molecule has 1 N–H and O–H groups in total. The van der Waals surface area contributed by atoms with Crippen LogP contribution in [0.3, 0.4) is 0 Å². The molecule has 31 heavy (non-hydrogen) atoms. The third-order valence-electron chi connectivity index (χ3n) is 6.01. The smallest absolute Gasteiger partial charge is 0.243 e. The van der Waals surface area contributed by atoms with Crippen LogP contribution >= 0.6 is 0 Å². The van der Waals surface area contributed by atoms with Crippen molar-refractivity contribution < 1.29 is 13.2 Å². The molecule has 7 heteroatoms. The van der Waals surface area contributed by atoms with E-state index in [2.05, 4.69) is 29.3 Å². The van der Waals surface area contributed by atoms with Crippen LogP contribution in [-0.2, 0) is 14.8 Å². The van der Waals surface area contributed by atoms with Gasteiger partial charge in [-0.15, -0.1) is 0 Å². The maximum atomic E-state index is 12.7. The van der Waals surface area contributed by atoms with Gasteiger partial charge in [-0.25, -0.2) is 8.42 Å². The van der Waals surface area contributed by atoms with Gasteiger partial charge in [0.25, 0.3) is 0 Å². The quantitative estimate of drug-likeness (QED) is 0.708. The number of hydrogen-bond acceptors (Lipinski definition) is 4.